The molecule has 0 radical (unpaired) electrons. The Hall–Kier alpha value is -1.49. The highest BCUT2D eigenvalue weighted by Gasteiger charge is 2.04. The number of rotatable bonds is 3. The number of hydrogen-bond donors (Lipinski definition) is 1. The van der Waals surface area contributed by atoms with E-state index < -0.39 is 0 Å². The molecule has 0 amide bonds. The molecule has 0 saturated heterocycles. The number of benzene rings is 1. The largest absolute Gasteiger partial charge is 0.508 e. The van der Waals surface area contributed by atoms with Gasteiger partial charge in [0.25, 0.3) is 0 Å². The molecule has 0 saturated carbocycles. The Morgan fingerprint density at radius 3 is 2.36 bits per heavy atom. The lowest BCUT2D eigenvalue weighted by Crippen LogP contribution is -1.93. The third-order valence-corrected chi connectivity index (χ3v) is 2.40. The first kappa shape index (κ1) is 10.6. The third kappa shape index (κ3) is 2.50. The quantitative estimate of drug-likeness (QED) is 0.743. The molecule has 0 heterocycles. The molecule has 0 atom stereocenters. The van der Waals surface area contributed by atoms with E-state index >= 15 is 0 Å². The van der Waals surface area contributed by atoms with Crippen LogP contribution in [0.3, 0.4) is 0 Å². The highest BCUT2D eigenvalue weighted by molar-refractivity contribution is 5.40. The average molecular weight is 189 g/mol. The normalized spacial score (nSPS) is 9.79. The van der Waals surface area contributed by atoms with E-state index in [1.165, 1.54) is 5.56 Å². The van der Waals surface area contributed by atoms with Crippen LogP contribution in [0.25, 0.3) is 0 Å². The second-order valence-corrected chi connectivity index (χ2v) is 3.57. The van der Waals surface area contributed by atoms with Gasteiger partial charge < -0.3 is 5.11 Å². The molecule has 74 valence electrons. The molecular formula is C12H15NO. The van der Waals surface area contributed by atoms with Gasteiger partial charge in [-0.15, -0.1) is 0 Å². The first-order valence-corrected chi connectivity index (χ1v) is 4.81. The number of hydrogen-bond acceptors (Lipinski definition) is 2. The first-order valence-electron chi connectivity index (χ1n) is 4.81. The van der Waals surface area contributed by atoms with Crippen LogP contribution in [0.1, 0.15) is 29.5 Å². The number of unbranched alkanes of at least 4 members (excludes halogenated alkanes) is 1. The lowest BCUT2D eigenvalue weighted by Gasteiger charge is -2.09. The summed E-state index contributed by atoms with van der Waals surface area (Å²) in [6, 6.07) is 5.68. The Labute approximate surface area is 84.8 Å². The molecule has 1 aromatic carbocycles. The molecule has 0 aliphatic carbocycles. The molecule has 2 nitrogen and oxygen atoms in total. The summed E-state index contributed by atoms with van der Waals surface area (Å²) in [5, 5.41) is 17.8. The second kappa shape index (κ2) is 4.66. The van der Waals surface area contributed by atoms with Crippen LogP contribution in [-0.2, 0) is 6.42 Å². The molecule has 1 rings (SSSR count). The predicted molar refractivity (Wildman–Crippen MR) is 56.1 cm³/mol. The van der Waals surface area contributed by atoms with Crippen LogP contribution in [-0.4, -0.2) is 5.11 Å². The van der Waals surface area contributed by atoms with Crippen molar-refractivity contribution < 1.29 is 5.11 Å². The number of aromatic hydroxyl groups is 1. The molecule has 0 aromatic heterocycles. The van der Waals surface area contributed by atoms with Crippen molar-refractivity contribution in [3.8, 4) is 11.8 Å². The van der Waals surface area contributed by atoms with E-state index in [4.69, 9.17) is 5.26 Å². The van der Waals surface area contributed by atoms with Gasteiger partial charge in [-0.2, -0.15) is 5.26 Å². The molecule has 14 heavy (non-hydrogen) atoms. The monoisotopic (exact) mass is 189 g/mol. The molecule has 0 spiro atoms. The fraction of sp³-hybridized carbons (Fsp3) is 0.417. The van der Waals surface area contributed by atoms with Gasteiger partial charge in [-0.25, -0.2) is 0 Å². The summed E-state index contributed by atoms with van der Waals surface area (Å²) in [7, 11) is 0. The minimum absolute atomic E-state index is 0.323. The maximum Gasteiger partial charge on any atom is 0.116 e. The topological polar surface area (TPSA) is 44.0 Å². The smallest absolute Gasteiger partial charge is 0.116 e. The van der Waals surface area contributed by atoms with Crippen LogP contribution in [0, 0.1) is 25.2 Å². The molecule has 0 unspecified atom stereocenters. The zero-order valence-corrected chi connectivity index (χ0v) is 8.67. The van der Waals surface area contributed by atoms with Crippen molar-refractivity contribution in [1.82, 2.24) is 0 Å². The summed E-state index contributed by atoms with van der Waals surface area (Å²) in [5.41, 5.74) is 3.49. The zero-order chi connectivity index (χ0) is 10.6. The lowest BCUT2D eigenvalue weighted by molar-refractivity contribution is 0.474. The number of phenolic OH excluding ortho intramolecular Hbond substituents is 1. The Morgan fingerprint density at radius 2 is 1.86 bits per heavy atom. The van der Waals surface area contributed by atoms with Crippen LogP contribution in [0.15, 0.2) is 12.1 Å². The van der Waals surface area contributed by atoms with Gasteiger partial charge in [0.15, 0.2) is 0 Å². The highest BCUT2D eigenvalue weighted by Crippen LogP contribution is 2.22. The second-order valence-electron chi connectivity index (χ2n) is 3.57. The van der Waals surface area contributed by atoms with Crippen molar-refractivity contribution in [2.75, 3.05) is 0 Å². The maximum atomic E-state index is 9.34. The molecule has 1 aromatic rings. The third-order valence-electron chi connectivity index (χ3n) is 2.40. The molecule has 0 aliphatic heterocycles. The van der Waals surface area contributed by atoms with Gasteiger partial charge >= 0.3 is 0 Å². The minimum Gasteiger partial charge on any atom is -0.508 e. The number of nitrogens with zero attached hydrogens (tertiary/aromatic N) is 1. The van der Waals surface area contributed by atoms with Crippen molar-refractivity contribution in [1.29, 1.82) is 5.26 Å². The van der Waals surface area contributed by atoms with E-state index in [-0.39, 0.29) is 0 Å². The minimum atomic E-state index is 0.323. The van der Waals surface area contributed by atoms with E-state index in [1.807, 2.05) is 13.8 Å². The van der Waals surface area contributed by atoms with E-state index in [1.54, 1.807) is 12.1 Å². The summed E-state index contributed by atoms with van der Waals surface area (Å²) in [6.45, 7) is 3.99. The Balaban J connectivity index is 2.81. The van der Waals surface area contributed by atoms with Crippen molar-refractivity contribution in [3.63, 3.8) is 0 Å². The molecule has 0 fully saturated rings. The van der Waals surface area contributed by atoms with Crippen molar-refractivity contribution in [2.24, 2.45) is 0 Å². The van der Waals surface area contributed by atoms with Gasteiger partial charge in [-0.3, -0.25) is 0 Å². The van der Waals surface area contributed by atoms with E-state index in [9.17, 15) is 5.11 Å². The van der Waals surface area contributed by atoms with Crippen molar-refractivity contribution >= 4 is 0 Å². The summed E-state index contributed by atoms with van der Waals surface area (Å²) >= 11 is 0. The van der Waals surface area contributed by atoms with E-state index in [0.717, 1.165) is 24.0 Å². The molecule has 0 aliphatic rings. The van der Waals surface area contributed by atoms with Crippen LogP contribution in [0.5, 0.6) is 5.75 Å². The van der Waals surface area contributed by atoms with Crippen molar-refractivity contribution in [3.05, 3.63) is 28.8 Å². The summed E-state index contributed by atoms with van der Waals surface area (Å²) in [6.07, 6.45) is 2.41. The lowest BCUT2D eigenvalue weighted by atomic mass is 9.97. The maximum absolute atomic E-state index is 9.34. The van der Waals surface area contributed by atoms with Gasteiger partial charge in [0, 0.05) is 6.42 Å². The Bertz CT molecular complexity index is 340. The van der Waals surface area contributed by atoms with Crippen molar-refractivity contribution in [2.45, 2.75) is 33.1 Å². The van der Waals surface area contributed by atoms with E-state index in [2.05, 4.69) is 6.07 Å². The van der Waals surface area contributed by atoms with Crippen LogP contribution in [0.4, 0.5) is 0 Å². The number of aryl methyl sites for hydroxylation is 2. The number of phenols is 1. The van der Waals surface area contributed by atoms with Gasteiger partial charge in [0.2, 0.25) is 0 Å². The summed E-state index contributed by atoms with van der Waals surface area (Å²) in [4.78, 5) is 0. The van der Waals surface area contributed by atoms with E-state index in [0.29, 0.717) is 12.2 Å². The summed E-state index contributed by atoms with van der Waals surface area (Å²) in [5.74, 6) is 0.323. The fourth-order valence-electron chi connectivity index (χ4n) is 1.71. The highest BCUT2D eigenvalue weighted by atomic mass is 16.3. The van der Waals surface area contributed by atoms with Crippen LogP contribution in [0.2, 0.25) is 0 Å². The van der Waals surface area contributed by atoms with Gasteiger partial charge in [0.1, 0.15) is 5.75 Å². The van der Waals surface area contributed by atoms with Gasteiger partial charge in [-0.05, 0) is 55.5 Å². The predicted octanol–water partition coefficient (Wildman–Crippen LogP) is 2.86. The fourth-order valence-corrected chi connectivity index (χ4v) is 1.71. The zero-order valence-electron chi connectivity index (χ0n) is 8.67. The molecule has 2 heteroatoms. The molecule has 1 N–H and O–H groups in total. The SMILES string of the molecule is Cc1cc(O)cc(C)c1CCCC#N. The van der Waals surface area contributed by atoms with Crippen LogP contribution >= 0.6 is 0 Å². The summed E-state index contributed by atoms with van der Waals surface area (Å²) < 4.78 is 0. The average Bonchev–Trinajstić information content (AvgIpc) is 2.09. The standard InChI is InChI=1S/C12H15NO/c1-9-7-11(14)8-10(2)12(9)5-3-4-6-13/h7-8,14H,3-5H2,1-2H3. The van der Waals surface area contributed by atoms with Gasteiger partial charge in [-0.1, -0.05) is 0 Å². The first-order chi connectivity index (χ1) is 6.65. The number of nitriles is 1. The van der Waals surface area contributed by atoms with Gasteiger partial charge in [0.05, 0.1) is 6.07 Å². The molecule has 0 bridgehead atoms. The molecular weight excluding hydrogens is 174 g/mol. The Kier molecular flexibility index (Phi) is 3.53. The van der Waals surface area contributed by atoms with Crippen LogP contribution < -0.4 is 0 Å². The Morgan fingerprint density at radius 1 is 1.29 bits per heavy atom.